The Balaban J connectivity index is 2.21. The zero-order chi connectivity index (χ0) is 15.2. The van der Waals surface area contributed by atoms with E-state index in [0.29, 0.717) is 18.7 Å². The molecule has 1 atom stereocenters. The Kier molecular flexibility index (Phi) is 5.22. The third-order valence-corrected chi connectivity index (χ3v) is 3.64. The lowest BCUT2D eigenvalue weighted by Gasteiger charge is -2.27. The number of hydrogen-bond donors (Lipinski definition) is 2. The summed E-state index contributed by atoms with van der Waals surface area (Å²) in [6, 6.07) is 3.97. The summed E-state index contributed by atoms with van der Waals surface area (Å²) in [4.78, 5) is 11.9. The van der Waals surface area contributed by atoms with Crippen molar-refractivity contribution < 1.29 is 14.3 Å². The van der Waals surface area contributed by atoms with Crippen LogP contribution in [0.15, 0.2) is 24.8 Å². The minimum absolute atomic E-state index is 0.00151. The number of methoxy groups -OCH3 is 2. The average Bonchev–Trinajstić information content (AvgIpc) is 2.51. The summed E-state index contributed by atoms with van der Waals surface area (Å²) in [5, 5.41) is 6.20. The monoisotopic (exact) mass is 290 g/mol. The second kappa shape index (κ2) is 7.13. The van der Waals surface area contributed by atoms with E-state index in [1.807, 2.05) is 12.1 Å². The van der Waals surface area contributed by atoms with Crippen molar-refractivity contribution >= 4 is 5.91 Å². The SMILES string of the molecule is C=CCNC(=O)CC1NCCc2cc(OC)c(OC)cc21. The Morgan fingerprint density at radius 2 is 2.14 bits per heavy atom. The van der Waals surface area contributed by atoms with Crippen LogP contribution in [0.5, 0.6) is 11.5 Å². The third kappa shape index (κ3) is 3.55. The van der Waals surface area contributed by atoms with Gasteiger partial charge >= 0.3 is 0 Å². The molecule has 0 spiro atoms. The number of hydrogen-bond acceptors (Lipinski definition) is 4. The van der Waals surface area contributed by atoms with Gasteiger partial charge in [-0.05, 0) is 36.2 Å². The molecule has 1 amide bonds. The average molecular weight is 290 g/mol. The summed E-state index contributed by atoms with van der Waals surface area (Å²) < 4.78 is 10.7. The number of nitrogens with one attached hydrogen (secondary N) is 2. The maximum atomic E-state index is 11.9. The molecule has 0 radical (unpaired) electrons. The first-order chi connectivity index (χ1) is 10.2. The maximum Gasteiger partial charge on any atom is 0.222 e. The molecule has 0 saturated carbocycles. The van der Waals surface area contributed by atoms with Crippen molar-refractivity contribution in [3.05, 3.63) is 35.9 Å². The highest BCUT2D eigenvalue weighted by atomic mass is 16.5. The van der Waals surface area contributed by atoms with Gasteiger partial charge in [-0.15, -0.1) is 6.58 Å². The number of carbonyl (C=O) groups excluding carboxylic acids is 1. The predicted molar refractivity (Wildman–Crippen MR) is 81.8 cm³/mol. The van der Waals surface area contributed by atoms with Gasteiger partial charge in [0.25, 0.3) is 0 Å². The van der Waals surface area contributed by atoms with Crippen LogP contribution in [-0.4, -0.2) is 33.2 Å². The van der Waals surface area contributed by atoms with Gasteiger partial charge < -0.3 is 20.1 Å². The molecule has 1 aliphatic heterocycles. The fourth-order valence-electron chi connectivity index (χ4n) is 2.59. The molecule has 1 aromatic carbocycles. The highest BCUT2D eigenvalue weighted by Gasteiger charge is 2.24. The highest BCUT2D eigenvalue weighted by Crippen LogP contribution is 2.36. The van der Waals surface area contributed by atoms with Crippen LogP contribution in [0.2, 0.25) is 0 Å². The van der Waals surface area contributed by atoms with E-state index in [2.05, 4.69) is 17.2 Å². The summed E-state index contributed by atoms with van der Waals surface area (Å²) in [5.41, 5.74) is 2.31. The van der Waals surface area contributed by atoms with Gasteiger partial charge in [-0.2, -0.15) is 0 Å². The van der Waals surface area contributed by atoms with E-state index < -0.39 is 0 Å². The number of rotatable bonds is 6. The normalized spacial score (nSPS) is 16.8. The summed E-state index contributed by atoms with van der Waals surface area (Å²) in [7, 11) is 3.25. The van der Waals surface area contributed by atoms with Gasteiger partial charge in [-0.25, -0.2) is 0 Å². The number of benzene rings is 1. The molecule has 21 heavy (non-hydrogen) atoms. The second-order valence-electron chi connectivity index (χ2n) is 4.96. The molecule has 5 heteroatoms. The third-order valence-electron chi connectivity index (χ3n) is 3.64. The Labute approximate surface area is 125 Å². The first-order valence-corrected chi connectivity index (χ1v) is 7.05. The molecule has 1 heterocycles. The lowest BCUT2D eigenvalue weighted by Crippen LogP contribution is -2.34. The van der Waals surface area contributed by atoms with Crippen molar-refractivity contribution in [2.75, 3.05) is 27.3 Å². The largest absolute Gasteiger partial charge is 0.493 e. The van der Waals surface area contributed by atoms with Gasteiger partial charge in [0.1, 0.15) is 0 Å². The topological polar surface area (TPSA) is 59.6 Å². The molecule has 114 valence electrons. The predicted octanol–water partition coefficient (Wildman–Crippen LogP) is 1.58. The molecule has 0 aliphatic carbocycles. The van der Waals surface area contributed by atoms with Gasteiger partial charge in [-0.1, -0.05) is 6.08 Å². The molecule has 1 aliphatic rings. The number of carbonyl (C=O) groups is 1. The minimum atomic E-state index is -0.00151. The van der Waals surface area contributed by atoms with E-state index in [-0.39, 0.29) is 11.9 Å². The molecule has 1 unspecified atom stereocenters. The van der Waals surface area contributed by atoms with Crippen molar-refractivity contribution in [1.29, 1.82) is 0 Å². The Bertz CT molecular complexity index is 528. The van der Waals surface area contributed by atoms with Crippen LogP contribution in [0.25, 0.3) is 0 Å². The molecule has 5 nitrogen and oxygen atoms in total. The standard InChI is InChI=1S/C16H22N2O3/c1-4-6-18-16(19)10-13-12-9-15(21-3)14(20-2)8-11(12)5-7-17-13/h4,8-9,13,17H,1,5-7,10H2,2-3H3,(H,18,19). The molecule has 0 bridgehead atoms. The molecule has 2 N–H and O–H groups in total. The van der Waals surface area contributed by atoms with Gasteiger partial charge in [0.05, 0.1) is 14.2 Å². The minimum Gasteiger partial charge on any atom is -0.493 e. The van der Waals surface area contributed by atoms with Gasteiger partial charge in [-0.3, -0.25) is 4.79 Å². The van der Waals surface area contributed by atoms with Crippen LogP contribution in [0.3, 0.4) is 0 Å². The summed E-state index contributed by atoms with van der Waals surface area (Å²) >= 11 is 0. The molecule has 0 fully saturated rings. The van der Waals surface area contributed by atoms with Gasteiger partial charge in [0, 0.05) is 19.0 Å². The molecule has 0 aromatic heterocycles. The lowest BCUT2D eigenvalue weighted by atomic mass is 9.91. The molecule has 1 aromatic rings. The lowest BCUT2D eigenvalue weighted by molar-refractivity contribution is -0.121. The number of ether oxygens (including phenoxy) is 2. The van der Waals surface area contributed by atoms with Crippen molar-refractivity contribution in [2.24, 2.45) is 0 Å². The second-order valence-corrected chi connectivity index (χ2v) is 4.96. The Morgan fingerprint density at radius 1 is 1.43 bits per heavy atom. The quantitative estimate of drug-likeness (QED) is 0.781. The van der Waals surface area contributed by atoms with E-state index in [4.69, 9.17) is 9.47 Å². The fourth-order valence-corrected chi connectivity index (χ4v) is 2.59. The molecule has 2 rings (SSSR count). The van der Waals surface area contributed by atoms with Gasteiger partial charge in [0.15, 0.2) is 11.5 Å². The Hall–Kier alpha value is -2.01. The smallest absolute Gasteiger partial charge is 0.222 e. The molecular formula is C16H22N2O3. The van der Waals surface area contributed by atoms with E-state index in [1.165, 1.54) is 5.56 Å². The first kappa shape index (κ1) is 15.4. The summed E-state index contributed by atoms with van der Waals surface area (Å²) in [6.07, 6.45) is 2.99. The molecule has 0 saturated heterocycles. The zero-order valence-corrected chi connectivity index (χ0v) is 12.6. The maximum absolute atomic E-state index is 11.9. The van der Waals surface area contributed by atoms with Crippen LogP contribution in [0.4, 0.5) is 0 Å². The Morgan fingerprint density at radius 3 is 2.81 bits per heavy atom. The van der Waals surface area contributed by atoms with Crippen LogP contribution in [0, 0.1) is 0 Å². The van der Waals surface area contributed by atoms with E-state index in [1.54, 1.807) is 20.3 Å². The zero-order valence-electron chi connectivity index (χ0n) is 12.6. The highest BCUT2D eigenvalue weighted by molar-refractivity contribution is 5.77. The van der Waals surface area contributed by atoms with Crippen LogP contribution in [-0.2, 0) is 11.2 Å². The van der Waals surface area contributed by atoms with Gasteiger partial charge in [0.2, 0.25) is 5.91 Å². The summed E-state index contributed by atoms with van der Waals surface area (Å²) in [6.45, 7) is 4.94. The summed E-state index contributed by atoms with van der Waals surface area (Å²) in [5.74, 6) is 1.43. The van der Waals surface area contributed by atoms with E-state index in [0.717, 1.165) is 24.3 Å². The van der Waals surface area contributed by atoms with E-state index >= 15 is 0 Å². The number of amides is 1. The van der Waals surface area contributed by atoms with Crippen LogP contribution >= 0.6 is 0 Å². The van der Waals surface area contributed by atoms with Crippen molar-refractivity contribution in [3.63, 3.8) is 0 Å². The van der Waals surface area contributed by atoms with Crippen LogP contribution in [0.1, 0.15) is 23.6 Å². The van der Waals surface area contributed by atoms with Crippen LogP contribution < -0.4 is 20.1 Å². The van der Waals surface area contributed by atoms with E-state index in [9.17, 15) is 4.79 Å². The van der Waals surface area contributed by atoms with Crippen molar-refractivity contribution in [2.45, 2.75) is 18.9 Å². The van der Waals surface area contributed by atoms with Crippen molar-refractivity contribution in [3.8, 4) is 11.5 Å². The fraction of sp³-hybridized carbons (Fsp3) is 0.438. The van der Waals surface area contributed by atoms with Crippen molar-refractivity contribution in [1.82, 2.24) is 10.6 Å². The molecular weight excluding hydrogens is 268 g/mol. The number of fused-ring (bicyclic) bond motifs is 1. The first-order valence-electron chi connectivity index (χ1n) is 7.05.